The number of para-hydroxylation sites is 2. The van der Waals surface area contributed by atoms with Crippen molar-refractivity contribution >= 4 is 39.8 Å². The highest BCUT2D eigenvalue weighted by Crippen LogP contribution is 2.30. The number of hydrogen-bond donors (Lipinski definition) is 2. The molecule has 2 atom stereocenters. The van der Waals surface area contributed by atoms with Crippen molar-refractivity contribution in [3.05, 3.63) is 24.3 Å². The SMILES string of the molecule is COc1ccccc1NC(=O)C(C)Sc1nnc(NCC2CCCO2)s1. The van der Waals surface area contributed by atoms with Crippen molar-refractivity contribution < 1.29 is 14.3 Å². The molecule has 1 saturated heterocycles. The first-order valence-corrected chi connectivity index (χ1v) is 10.1. The van der Waals surface area contributed by atoms with Gasteiger partial charge in [0.25, 0.3) is 0 Å². The van der Waals surface area contributed by atoms with Crippen molar-refractivity contribution in [2.45, 2.75) is 35.5 Å². The van der Waals surface area contributed by atoms with Crippen LogP contribution in [-0.2, 0) is 9.53 Å². The van der Waals surface area contributed by atoms with Crippen molar-refractivity contribution in [1.82, 2.24) is 10.2 Å². The molecule has 1 amide bonds. The molecule has 0 saturated carbocycles. The zero-order chi connectivity index (χ0) is 18.4. The van der Waals surface area contributed by atoms with Gasteiger partial charge in [0.2, 0.25) is 11.0 Å². The smallest absolute Gasteiger partial charge is 0.237 e. The second kappa shape index (κ2) is 9.20. The fourth-order valence-electron chi connectivity index (χ4n) is 2.52. The highest BCUT2D eigenvalue weighted by Gasteiger charge is 2.19. The predicted molar refractivity (Wildman–Crippen MR) is 104 cm³/mol. The molecule has 140 valence electrons. The second-order valence-electron chi connectivity index (χ2n) is 5.84. The average Bonchev–Trinajstić information content (AvgIpc) is 3.32. The van der Waals surface area contributed by atoms with Gasteiger partial charge in [-0.2, -0.15) is 0 Å². The molecule has 0 spiro atoms. The van der Waals surface area contributed by atoms with E-state index in [1.165, 1.54) is 23.1 Å². The van der Waals surface area contributed by atoms with Crippen molar-refractivity contribution in [2.75, 3.05) is 30.9 Å². The maximum absolute atomic E-state index is 12.4. The van der Waals surface area contributed by atoms with Crippen LogP contribution >= 0.6 is 23.1 Å². The van der Waals surface area contributed by atoms with Gasteiger partial charge in [-0.15, -0.1) is 10.2 Å². The zero-order valence-electron chi connectivity index (χ0n) is 14.7. The van der Waals surface area contributed by atoms with Gasteiger partial charge in [0.15, 0.2) is 4.34 Å². The van der Waals surface area contributed by atoms with E-state index in [9.17, 15) is 4.79 Å². The normalized spacial score (nSPS) is 17.7. The summed E-state index contributed by atoms with van der Waals surface area (Å²) in [5.74, 6) is 0.526. The predicted octanol–water partition coefficient (Wildman–Crippen LogP) is 3.26. The molecule has 7 nitrogen and oxygen atoms in total. The lowest BCUT2D eigenvalue weighted by Crippen LogP contribution is -2.22. The highest BCUT2D eigenvalue weighted by molar-refractivity contribution is 8.02. The fraction of sp³-hybridized carbons (Fsp3) is 0.471. The summed E-state index contributed by atoms with van der Waals surface area (Å²) in [5, 5.41) is 14.9. The summed E-state index contributed by atoms with van der Waals surface area (Å²) < 4.78 is 11.6. The Hall–Kier alpha value is -1.84. The summed E-state index contributed by atoms with van der Waals surface area (Å²) in [6.45, 7) is 3.42. The van der Waals surface area contributed by atoms with Gasteiger partial charge in [0.1, 0.15) is 5.75 Å². The molecule has 26 heavy (non-hydrogen) atoms. The van der Waals surface area contributed by atoms with Gasteiger partial charge >= 0.3 is 0 Å². The molecule has 1 aliphatic heterocycles. The molecule has 2 aromatic rings. The summed E-state index contributed by atoms with van der Waals surface area (Å²) in [4.78, 5) is 12.4. The van der Waals surface area contributed by atoms with E-state index in [2.05, 4.69) is 20.8 Å². The second-order valence-corrected chi connectivity index (χ2v) is 8.40. The Bertz CT molecular complexity index is 734. The molecule has 3 rings (SSSR count). The van der Waals surface area contributed by atoms with Crippen LogP contribution < -0.4 is 15.4 Å². The van der Waals surface area contributed by atoms with Gasteiger partial charge in [0.05, 0.1) is 24.2 Å². The fourth-order valence-corrected chi connectivity index (χ4v) is 4.43. The molecule has 1 aromatic carbocycles. The van der Waals surface area contributed by atoms with E-state index >= 15 is 0 Å². The van der Waals surface area contributed by atoms with Crippen molar-refractivity contribution in [1.29, 1.82) is 0 Å². The summed E-state index contributed by atoms with van der Waals surface area (Å²) in [6.07, 6.45) is 2.44. The van der Waals surface area contributed by atoms with Crippen molar-refractivity contribution in [3.8, 4) is 5.75 Å². The van der Waals surface area contributed by atoms with Gasteiger partial charge in [0, 0.05) is 13.2 Å². The summed E-state index contributed by atoms with van der Waals surface area (Å²) >= 11 is 2.83. The van der Waals surface area contributed by atoms with Gasteiger partial charge < -0.3 is 20.1 Å². The Kier molecular flexibility index (Phi) is 6.70. The Morgan fingerprint density at radius 1 is 1.46 bits per heavy atom. The maximum Gasteiger partial charge on any atom is 0.237 e. The minimum absolute atomic E-state index is 0.108. The van der Waals surface area contributed by atoms with E-state index in [4.69, 9.17) is 9.47 Å². The molecule has 0 radical (unpaired) electrons. The standard InChI is InChI=1S/C17H22N4O3S2/c1-11(15(22)19-13-7-3-4-8-14(13)23-2)25-17-21-20-16(26-17)18-10-12-6-5-9-24-12/h3-4,7-8,11-12H,5-6,9-10H2,1-2H3,(H,18,20)(H,19,22). The first kappa shape index (κ1) is 18.9. The molecule has 1 aliphatic rings. The number of methoxy groups -OCH3 is 1. The van der Waals surface area contributed by atoms with Gasteiger partial charge in [-0.25, -0.2) is 0 Å². The van der Waals surface area contributed by atoms with Crippen LogP contribution in [0.15, 0.2) is 28.6 Å². The number of amides is 1. The number of nitrogens with one attached hydrogen (secondary N) is 2. The number of ether oxygens (including phenoxy) is 2. The van der Waals surface area contributed by atoms with E-state index in [-0.39, 0.29) is 17.3 Å². The van der Waals surface area contributed by atoms with Gasteiger partial charge in [-0.3, -0.25) is 4.79 Å². The molecule has 2 unspecified atom stereocenters. The lowest BCUT2D eigenvalue weighted by Gasteiger charge is -2.12. The molecule has 0 aliphatic carbocycles. The minimum Gasteiger partial charge on any atom is -0.495 e. The van der Waals surface area contributed by atoms with E-state index in [1.807, 2.05) is 31.2 Å². The number of hydrogen-bond acceptors (Lipinski definition) is 8. The van der Waals surface area contributed by atoms with Crippen LogP contribution in [-0.4, -0.2) is 47.7 Å². The summed E-state index contributed by atoms with van der Waals surface area (Å²) in [6, 6.07) is 7.34. The Morgan fingerprint density at radius 3 is 3.08 bits per heavy atom. The highest BCUT2D eigenvalue weighted by atomic mass is 32.2. The number of rotatable bonds is 8. The first-order chi connectivity index (χ1) is 12.7. The summed E-state index contributed by atoms with van der Waals surface area (Å²) in [5.41, 5.74) is 0.656. The third kappa shape index (κ3) is 5.09. The van der Waals surface area contributed by atoms with E-state index in [0.717, 1.165) is 35.5 Å². The molecule has 1 fully saturated rings. The molecular weight excluding hydrogens is 372 g/mol. The lowest BCUT2D eigenvalue weighted by atomic mass is 10.2. The number of thioether (sulfide) groups is 1. The molecule has 1 aromatic heterocycles. The zero-order valence-corrected chi connectivity index (χ0v) is 16.4. The minimum atomic E-state index is -0.307. The molecule has 2 N–H and O–H groups in total. The van der Waals surface area contributed by atoms with E-state index < -0.39 is 0 Å². The molecule has 2 heterocycles. The first-order valence-electron chi connectivity index (χ1n) is 8.45. The van der Waals surface area contributed by atoms with Crippen LogP contribution in [0, 0.1) is 0 Å². The van der Waals surface area contributed by atoms with Crippen LogP contribution in [0.5, 0.6) is 5.75 Å². The van der Waals surface area contributed by atoms with Crippen LogP contribution in [0.1, 0.15) is 19.8 Å². The summed E-state index contributed by atoms with van der Waals surface area (Å²) in [7, 11) is 1.58. The van der Waals surface area contributed by atoms with Crippen LogP contribution in [0.3, 0.4) is 0 Å². The molecule has 9 heteroatoms. The largest absolute Gasteiger partial charge is 0.495 e. The third-order valence-electron chi connectivity index (χ3n) is 3.92. The van der Waals surface area contributed by atoms with Gasteiger partial charge in [-0.05, 0) is 31.9 Å². The number of carbonyl (C=O) groups excluding carboxylic acids is 1. The average molecular weight is 395 g/mol. The van der Waals surface area contributed by atoms with Crippen molar-refractivity contribution in [3.63, 3.8) is 0 Å². The number of anilines is 2. The Morgan fingerprint density at radius 2 is 2.31 bits per heavy atom. The van der Waals surface area contributed by atoms with Crippen molar-refractivity contribution in [2.24, 2.45) is 0 Å². The van der Waals surface area contributed by atoms with Crippen LogP contribution in [0.25, 0.3) is 0 Å². The Labute approximate surface area is 160 Å². The number of carbonyl (C=O) groups is 1. The number of nitrogens with zero attached hydrogens (tertiary/aromatic N) is 2. The van der Waals surface area contributed by atoms with E-state index in [0.29, 0.717) is 11.4 Å². The number of aromatic nitrogens is 2. The number of benzene rings is 1. The quantitative estimate of drug-likeness (QED) is 0.665. The third-order valence-corrected chi connectivity index (χ3v) is 5.99. The maximum atomic E-state index is 12.4. The molecule has 0 bridgehead atoms. The van der Waals surface area contributed by atoms with Crippen LogP contribution in [0.4, 0.5) is 10.8 Å². The monoisotopic (exact) mass is 394 g/mol. The van der Waals surface area contributed by atoms with Gasteiger partial charge in [-0.1, -0.05) is 35.2 Å². The van der Waals surface area contributed by atoms with E-state index in [1.54, 1.807) is 7.11 Å². The topological polar surface area (TPSA) is 85.4 Å². The Balaban J connectivity index is 1.50. The van der Waals surface area contributed by atoms with Crippen LogP contribution in [0.2, 0.25) is 0 Å². The lowest BCUT2D eigenvalue weighted by molar-refractivity contribution is -0.115. The molecular formula is C17H22N4O3S2.